The van der Waals surface area contributed by atoms with Gasteiger partial charge in [-0.05, 0) is 31.4 Å². The monoisotopic (exact) mass is 277 g/mol. The molecule has 2 rings (SSSR count). The molecule has 0 atom stereocenters. The number of anilines is 1. The van der Waals surface area contributed by atoms with Crippen LogP contribution in [0.2, 0.25) is 0 Å². The number of cyclic esters (lactones) is 1. The Labute approximate surface area is 120 Å². The SMILES string of the molecule is CCCCOc1cccc2c1C(CC)(CC)OC(=O)N2. The summed E-state index contributed by atoms with van der Waals surface area (Å²) in [5, 5.41) is 2.77. The van der Waals surface area contributed by atoms with Gasteiger partial charge >= 0.3 is 6.09 Å². The summed E-state index contributed by atoms with van der Waals surface area (Å²) in [6.07, 6.45) is 3.19. The summed E-state index contributed by atoms with van der Waals surface area (Å²) < 4.78 is 11.5. The molecule has 0 bridgehead atoms. The second kappa shape index (κ2) is 6.16. The van der Waals surface area contributed by atoms with Crippen molar-refractivity contribution >= 4 is 11.8 Å². The van der Waals surface area contributed by atoms with Gasteiger partial charge in [-0.3, -0.25) is 5.32 Å². The third kappa shape index (κ3) is 2.60. The number of amides is 1. The molecule has 0 saturated heterocycles. The fraction of sp³-hybridized carbons (Fsp3) is 0.562. The zero-order valence-electron chi connectivity index (χ0n) is 12.5. The van der Waals surface area contributed by atoms with E-state index in [9.17, 15) is 4.79 Å². The van der Waals surface area contributed by atoms with Crippen molar-refractivity contribution in [3.8, 4) is 5.75 Å². The van der Waals surface area contributed by atoms with Gasteiger partial charge < -0.3 is 9.47 Å². The second-order valence-electron chi connectivity index (χ2n) is 5.10. The fourth-order valence-corrected chi connectivity index (χ4v) is 2.66. The molecule has 1 aliphatic heterocycles. The average Bonchev–Trinajstić information content (AvgIpc) is 2.46. The Morgan fingerprint density at radius 2 is 2.00 bits per heavy atom. The highest BCUT2D eigenvalue weighted by Crippen LogP contribution is 2.45. The minimum absolute atomic E-state index is 0.382. The number of ether oxygens (including phenoxy) is 2. The van der Waals surface area contributed by atoms with E-state index in [1.807, 2.05) is 32.0 Å². The molecule has 1 N–H and O–H groups in total. The largest absolute Gasteiger partial charge is 0.493 e. The lowest BCUT2D eigenvalue weighted by molar-refractivity contribution is 0.00254. The number of hydrogen-bond acceptors (Lipinski definition) is 3. The number of benzene rings is 1. The molecule has 20 heavy (non-hydrogen) atoms. The Hall–Kier alpha value is -1.71. The summed E-state index contributed by atoms with van der Waals surface area (Å²) in [5.41, 5.74) is 1.19. The van der Waals surface area contributed by atoms with Crippen LogP contribution in [0.4, 0.5) is 10.5 Å². The highest BCUT2D eigenvalue weighted by atomic mass is 16.6. The molecule has 0 spiro atoms. The van der Waals surface area contributed by atoms with Gasteiger partial charge in [0, 0.05) is 0 Å². The van der Waals surface area contributed by atoms with Gasteiger partial charge in [0.15, 0.2) is 0 Å². The van der Waals surface area contributed by atoms with Gasteiger partial charge in [-0.1, -0.05) is 33.3 Å². The molecule has 110 valence electrons. The van der Waals surface area contributed by atoms with Crippen LogP contribution in [0.1, 0.15) is 52.0 Å². The maximum Gasteiger partial charge on any atom is 0.412 e. The third-order valence-corrected chi connectivity index (χ3v) is 3.90. The third-order valence-electron chi connectivity index (χ3n) is 3.90. The predicted molar refractivity (Wildman–Crippen MR) is 79.2 cm³/mol. The molecule has 1 aromatic rings. The van der Waals surface area contributed by atoms with Gasteiger partial charge in [0.05, 0.1) is 17.9 Å². The lowest BCUT2D eigenvalue weighted by Gasteiger charge is -2.38. The highest BCUT2D eigenvalue weighted by molar-refractivity contribution is 5.89. The molecular weight excluding hydrogens is 254 g/mol. The van der Waals surface area contributed by atoms with E-state index >= 15 is 0 Å². The van der Waals surface area contributed by atoms with Gasteiger partial charge in [-0.25, -0.2) is 4.79 Å². The summed E-state index contributed by atoms with van der Waals surface area (Å²) in [5.74, 6) is 0.819. The Kier molecular flexibility index (Phi) is 4.53. The van der Waals surface area contributed by atoms with Gasteiger partial charge in [0.25, 0.3) is 0 Å². The van der Waals surface area contributed by atoms with Crippen LogP contribution in [0.25, 0.3) is 0 Å². The maximum atomic E-state index is 11.8. The molecule has 4 nitrogen and oxygen atoms in total. The van der Waals surface area contributed by atoms with E-state index in [1.165, 1.54) is 0 Å². The van der Waals surface area contributed by atoms with E-state index in [1.54, 1.807) is 0 Å². The lowest BCUT2D eigenvalue weighted by atomic mass is 9.85. The number of hydrogen-bond donors (Lipinski definition) is 1. The standard InChI is InChI=1S/C16H23NO3/c1-4-7-11-19-13-10-8-9-12-14(13)16(5-2,6-3)20-15(18)17-12/h8-10H,4-7,11H2,1-3H3,(H,17,18). The van der Waals surface area contributed by atoms with Crippen LogP contribution >= 0.6 is 0 Å². The van der Waals surface area contributed by atoms with E-state index in [-0.39, 0.29) is 6.09 Å². The van der Waals surface area contributed by atoms with Crippen LogP contribution in [0.3, 0.4) is 0 Å². The quantitative estimate of drug-likeness (QED) is 0.782. The number of nitrogens with one attached hydrogen (secondary N) is 1. The van der Waals surface area contributed by atoms with Gasteiger partial charge in [-0.15, -0.1) is 0 Å². The average molecular weight is 277 g/mol. The van der Waals surface area contributed by atoms with Crippen LogP contribution in [0.15, 0.2) is 18.2 Å². The molecule has 0 unspecified atom stereocenters. The summed E-state index contributed by atoms with van der Waals surface area (Å²) in [6.45, 7) is 6.89. The lowest BCUT2D eigenvalue weighted by Crippen LogP contribution is -2.39. The first-order valence-corrected chi connectivity index (χ1v) is 7.43. The number of fused-ring (bicyclic) bond motifs is 1. The topological polar surface area (TPSA) is 47.6 Å². The van der Waals surface area contributed by atoms with E-state index < -0.39 is 5.60 Å². The van der Waals surface area contributed by atoms with Crippen molar-refractivity contribution < 1.29 is 14.3 Å². The van der Waals surface area contributed by atoms with Crippen molar-refractivity contribution in [1.29, 1.82) is 0 Å². The van der Waals surface area contributed by atoms with Gasteiger partial charge in [-0.2, -0.15) is 0 Å². The van der Waals surface area contributed by atoms with Crippen molar-refractivity contribution in [3.63, 3.8) is 0 Å². The maximum absolute atomic E-state index is 11.8. The normalized spacial score (nSPS) is 16.1. The number of carbonyl (C=O) groups is 1. The molecule has 0 fully saturated rings. The number of rotatable bonds is 6. The van der Waals surface area contributed by atoms with Gasteiger partial charge in [0.1, 0.15) is 11.4 Å². The molecular formula is C16H23NO3. The minimum Gasteiger partial charge on any atom is -0.493 e. The Balaban J connectivity index is 2.42. The van der Waals surface area contributed by atoms with Crippen LogP contribution < -0.4 is 10.1 Å². The number of unbranched alkanes of at least 4 members (excludes halogenated alkanes) is 1. The molecule has 1 heterocycles. The van der Waals surface area contributed by atoms with Crippen molar-refractivity contribution in [1.82, 2.24) is 0 Å². The Bertz CT molecular complexity index is 481. The van der Waals surface area contributed by atoms with Crippen molar-refractivity contribution in [2.75, 3.05) is 11.9 Å². The molecule has 0 saturated carbocycles. The molecule has 0 radical (unpaired) electrons. The fourth-order valence-electron chi connectivity index (χ4n) is 2.66. The molecule has 1 aliphatic rings. The van der Waals surface area contributed by atoms with Gasteiger partial charge in [0.2, 0.25) is 0 Å². The van der Waals surface area contributed by atoms with E-state index in [4.69, 9.17) is 9.47 Å². The smallest absolute Gasteiger partial charge is 0.412 e. The summed E-state index contributed by atoms with van der Waals surface area (Å²) in [7, 11) is 0. The van der Waals surface area contributed by atoms with Crippen LogP contribution in [0, 0.1) is 0 Å². The molecule has 0 aromatic heterocycles. The van der Waals surface area contributed by atoms with Crippen LogP contribution in [0.5, 0.6) is 5.75 Å². The first-order chi connectivity index (χ1) is 9.66. The van der Waals surface area contributed by atoms with Crippen LogP contribution in [-0.4, -0.2) is 12.7 Å². The molecule has 1 amide bonds. The van der Waals surface area contributed by atoms with E-state index in [0.717, 1.165) is 42.7 Å². The van der Waals surface area contributed by atoms with E-state index in [2.05, 4.69) is 12.2 Å². The Morgan fingerprint density at radius 3 is 2.65 bits per heavy atom. The van der Waals surface area contributed by atoms with Crippen LogP contribution in [-0.2, 0) is 10.3 Å². The minimum atomic E-state index is -0.583. The molecule has 1 aromatic carbocycles. The predicted octanol–water partition coefficient (Wildman–Crippen LogP) is 4.44. The summed E-state index contributed by atoms with van der Waals surface area (Å²) in [4.78, 5) is 11.8. The molecule has 4 heteroatoms. The van der Waals surface area contributed by atoms with Crippen molar-refractivity contribution in [3.05, 3.63) is 23.8 Å². The number of carbonyl (C=O) groups excluding carboxylic acids is 1. The summed E-state index contributed by atoms with van der Waals surface area (Å²) >= 11 is 0. The van der Waals surface area contributed by atoms with Crippen molar-refractivity contribution in [2.24, 2.45) is 0 Å². The zero-order chi connectivity index (χ0) is 14.6. The van der Waals surface area contributed by atoms with Crippen molar-refractivity contribution in [2.45, 2.75) is 52.1 Å². The first-order valence-electron chi connectivity index (χ1n) is 7.43. The Morgan fingerprint density at radius 1 is 1.25 bits per heavy atom. The zero-order valence-corrected chi connectivity index (χ0v) is 12.5. The molecule has 0 aliphatic carbocycles. The van der Waals surface area contributed by atoms with E-state index in [0.29, 0.717) is 6.61 Å². The summed E-state index contributed by atoms with van der Waals surface area (Å²) in [6, 6.07) is 5.76. The second-order valence-corrected chi connectivity index (χ2v) is 5.10. The first kappa shape index (κ1) is 14.7. The highest BCUT2D eigenvalue weighted by Gasteiger charge is 2.41.